The van der Waals surface area contributed by atoms with Gasteiger partial charge in [0.25, 0.3) is 5.91 Å². The Kier molecular flexibility index (Phi) is 5.29. The Morgan fingerprint density at radius 2 is 1.88 bits per heavy atom. The van der Waals surface area contributed by atoms with E-state index in [0.29, 0.717) is 18.9 Å². The highest BCUT2D eigenvalue weighted by Gasteiger charge is 2.11. The van der Waals surface area contributed by atoms with Gasteiger partial charge < -0.3 is 14.5 Å². The number of furan rings is 1. The van der Waals surface area contributed by atoms with Gasteiger partial charge in [-0.25, -0.2) is 0 Å². The molecule has 4 heteroatoms. The Bertz CT molecular complexity index is 762. The SMILES string of the molecule is CC(OCCCNC(=O)c1cc2ccccc2o1)c1ccccc1. The molecule has 4 nitrogen and oxygen atoms in total. The normalized spacial score (nSPS) is 12.2. The molecule has 0 aliphatic rings. The van der Waals surface area contributed by atoms with Gasteiger partial charge in [-0.1, -0.05) is 48.5 Å². The Morgan fingerprint density at radius 3 is 2.67 bits per heavy atom. The fraction of sp³-hybridized carbons (Fsp3) is 0.250. The number of para-hydroxylation sites is 1. The molecule has 2 aromatic carbocycles. The van der Waals surface area contributed by atoms with Crippen molar-refractivity contribution in [3.8, 4) is 0 Å². The predicted molar refractivity (Wildman–Crippen MR) is 94.0 cm³/mol. The van der Waals surface area contributed by atoms with E-state index in [1.807, 2.05) is 61.5 Å². The molecule has 1 heterocycles. The van der Waals surface area contributed by atoms with Gasteiger partial charge in [0.2, 0.25) is 0 Å². The summed E-state index contributed by atoms with van der Waals surface area (Å²) < 4.78 is 11.3. The first-order valence-corrected chi connectivity index (χ1v) is 8.17. The van der Waals surface area contributed by atoms with Crippen molar-refractivity contribution in [2.45, 2.75) is 19.4 Å². The zero-order chi connectivity index (χ0) is 16.8. The van der Waals surface area contributed by atoms with Crippen molar-refractivity contribution in [3.63, 3.8) is 0 Å². The molecule has 3 aromatic rings. The van der Waals surface area contributed by atoms with E-state index in [2.05, 4.69) is 5.32 Å². The number of fused-ring (bicyclic) bond motifs is 1. The van der Waals surface area contributed by atoms with Crippen LogP contribution in [-0.2, 0) is 4.74 Å². The van der Waals surface area contributed by atoms with Gasteiger partial charge in [0.15, 0.2) is 5.76 Å². The van der Waals surface area contributed by atoms with Crippen LogP contribution in [0, 0.1) is 0 Å². The fourth-order valence-corrected chi connectivity index (χ4v) is 2.54. The van der Waals surface area contributed by atoms with Crippen LogP contribution < -0.4 is 5.32 Å². The number of hydrogen-bond donors (Lipinski definition) is 1. The van der Waals surface area contributed by atoms with Gasteiger partial charge in [-0.3, -0.25) is 4.79 Å². The number of nitrogens with one attached hydrogen (secondary N) is 1. The molecule has 0 saturated heterocycles. The molecule has 3 rings (SSSR count). The number of amides is 1. The first-order chi connectivity index (χ1) is 11.7. The molecule has 24 heavy (non-hydrogen) atoms. The topological polar surface area (TPSA) is 51.5 Å². The highest BCUT2D eigenvalue weighted by atomic mass is 16.5. The minimum absolute atomic E-state index is 0.0530. The van der Waals surface area contributed by atoms with Crippen molar-refractivity contribution in [1.82, 2.24) is 5.32 Å². The molecule has 124 valence electrons. The molecule has 0 saturated carbocycles. The maximum Gasteiger partial charge on any atom is 0.287 e. The predicted octanol–water partition coefficient (Wildman–Crippen LogP) is 4.33. The lowest BCUT2D eigenvalue weighted by atomic mass is 10.1. The van der Waals surface area contributed by atoms with E-state index in [1.54, 1.807) is 6.07 Å². The van der Waals surface area contributed by atoms with Gasteiger partial charge in [-0.05, 0) is 31.0 Å². The quantitative estimate of drug-likeness (QED) is 0.658. The number of benzene rings is 2. The van der Waals surface area contributed by atoms with Crippen molar-refractivity contribution < 1.29 is 13.9 Å². The monoisotopic (exact) mass is 323 g/mol. The summed E-state index contributed by atoms with van der Waals surface area (Å²) in [5.41, 5.74) is 1.88. The molecule has 0 spiro atoms. The second-order valence-corrected chi connectivity index (χ2v) is 5.68. The number of rotatable bonds is 7. The first kappa shape index (κ1) is 16.3. The summed E-state index contributed by atoms with van der Waals surface area (Å²) in [7, 11) is 0. The molecule has 1 aromatic heterocycles. The van der Waals surface area contributed by atoms with Crippen molar-refractivity contribution in [3.05, 3.63) is 72.0 Å². The van der Waals surface area contributed by atoms with Gasteiger partial charge in [0.05, 0.1) is 6.10 Å². The number of hydrogen-bond acceptors (Lipinski definition) is 3. The second kappa shape index (κ2) is 7.79. The van der Waals surface area contributed by atoms with Crippen LogP contribution in [-0.4, -0.2) is 19.1 Å². The molecule has 1 atom stereocenters. The van der Waals surface area contributed by atoms with Gasteiger partial charge in [0.1, 0.15) is 5.58 Å². The molecule has 0 bridgehead atoms. The Hall–Kier alpha value is -2.59. The molecular weight excluding hydrogens is 302 g/mol. The van der Waals surface area contributed by atoms with Crippen LogP contribution in [0.5, 0.6) is 0 Å². The summed E-state index contributed by atoms with van der Waals surface area (Å²) in [4.78, 5) is 12.1. The number of ether oxygens (including phenoxy) is 1. The lowest BCUT2D eigenvalue weighted by Gasteiger charge is -2.13. The summed E-state index contributed by atoms with van der Waals surface area (Å²) in [6, 6.07) is 19.4. The zero-order valence-corrected chi connectivity index (χ0v) is 13.7. The van der Waals surface area contributed by atoms with Gasteiger partial charge in [-0.15, -0.1) is 0 Å². The summed E-state index contributed by atoms with van der Waals surface area (Å²) >= 11 is 0. The van der Waals surface area contributed by atoms with Crippen LogP contribution >= 0.6 is 0 Å². The fourth-order valence-electron chi connectivity index (χ4n) is 2.54. The number of carbonyl (C=O) groups is 1. The van der Waals surface area contributed by atoms with E-state index < -0.39 is 0 Å². The number of carbonyl (C=O) groups excluding carboxylic acids is 1. The third-order valence-corrected chi connectivity index (χ3v) is 3.89. The first-order valence-electron chi connectivity index (χ1n) is 8.17. The molecule has 1 amide bonds. The lowest BCUT2D eigenvalue weighted by Crippen LogP contribution is -2.24. The minimum Gasteiger partial charge on any atom is -0.451 e. The van der Waals surface area contributed by atoms with E-state index in [0.717, 1.165) is 23.0 Å². The highest BCUT2D eigenvalue weighted by molar-refractivity contribution is 5.95. The van der Waals surface area contributed by atoms with Gasteiger partial charge in [-0.2, -0.15) is 0 Å². The van der Waals surface area contributed by atoms with Crippen LogP contribution in [0.3, 0.4) is 0 Å². The van der Waals surface area contributed by atoms with Crippen molar-refractivity contribution >= 4 is 16.9 Å². The Labute approximate surface area is 141 Å². The second-order valence-electron chi connectivity index (χ2n) is 5.68. The van der Waals surface area contributed by atoms with E-state index in [9.17, 15) is 4.79 Å². The van der Waals surface area contributed by atoms with Crippen LogP contribution in [0.1, 0.15) is 35.6 Å². The Morgan fingerprint density at radius 1 is 1.12 bits per heavy atom. The van der Waals surface area contributed by atoms with E-state index in [4.69, 9.17) is 9.15 Å². The Balaban J connectivity index is 1.41. The zero-order valence-electron chi connectivity index (χ0n) is 13.7. The van der Waals surface area contributed by atoms with Crippen LogP contribution in [0.2, 0.25) is 0 Å². The van der Waals surface area contributed by atoms with Gasteiger partial charge >= 0.3 is 0 Å². The summed E-state index contributed by atoms with van der Waals surface area (Å²) in [6.07, 6.45) is 0.806. The molecule has 0 fully saturated rings. The largest absolute Gasteiger partial charge is 0.451 e. The average Bonchev–Trinajstić information content (AvgIpc) is 3.06. The van der Waals surface area contributed by atoms with E-state index in [-0.39, 0.29) is 12.0 Å². The van der Waals surface area contributed by atoms with E-state index in [1.165, 1.54) is 0 Å². The summed E-state index contributed by atoms with van der Waals surface area (Å²) in [5, 5.41) is 3.79. The van der Waals surface area contributed by atoms with Crippen molar-refractivity contribution in [2.24, 2.45) is 0 Å². The van der Waals surface area contributed by atoms with Crippen molar-refractivity contribution in [1.29, 1.82) is 0 Å². The van der Waals surface area contributed by atoms with Gasteiger partial charge in [0, 0.05) is 18.5 Å². The maximum absolute atomic E-state index is 12.1. The van der Waals surface area contributed by atoms with Crippen LogP contribution in [0.25, 0.3) is 11.0 Å². The van der Waals surface area contributed by atoms with Crippen molar-refractivity contribution in [2.75, 3.05) is 13.2 Å². The highest BCUT2D eigenvalue weighted by Crippen LogP contribution is 2.18. The average molecular weight is 323 g/mol. The molecule has 0 aliphatic heterocycles. The minimum atomic E-state index is -0.192. The molecule has 0 radical (unpaired) electrons. The smallest absolute Gasteiger partial charge is 0.287 e. The third-order valence-electron chi connectivity index (χ3n) is 3.89. The van der Waals surface area contributed by atoms with Crippen LogP contribution in [0.4, 0.5) is 0 Å². The molecular formula is C20H21NO3. The lowest BCUT2D eigenvalue weighted by molar-refractivity contribution is 0.0633. The molecule has 1 N–H and O–H groups in total. The standard InChI is InChI=1S/C20H21NO3/c1-15(16-8-3-2-4-9-16)23-13-7-12-21-20(22)19-14-17-10-5-6-11-18(17)24-19/h2-6,8-11,14-15H,7,12-13H2,1H3,(H,21,22). The molecule has 0 aliphatic carbocycles. The summed E-state index contributed by atoms with van der Waals surface area (Å²) in [5.74, 6) is 0.150. The van der Waals surface area contributed by atoms with Crippen LogP contribution in [0.15, 0.2) is 65.1 Å². The third kappa shape index (κ3) is 4.03. The maximum atomic E-state index is 12.1. The molecule has 1 unspecified atom stereocenters. The van der Waals surface area contributed by atoms with E-state index >= 15 is 0 Å². The summed E-state index contributed by atoms with van der Waals surface area (Å²) in [6.45, 7) is 3.18.